The second kappa shape index (κ2) is 9.17. The summed E-state index contributed by atoms with van der Waals surface area (Å²) in [4.78, 5) is 0. The molecule has 0 aliphatic heterocycles. The molecular weight excluding hydrogens is 365 g/mol. The van der Waals surface area contributed by atoms with Gasteiger partial charge in [0.1, 0.15) is 0 Å². The van der Waals surface area contributed by atoms with Gasteiger partial charge in [-0.05, 0) is 23.8 Å². The van der Waals surface area contributed by atoms with E-state index in [1.807, 2.05) is 0 Å². The molecule has 112 valence electrons. The average molecular weight is 380 g/mol. The Kier molecular flexibility index (Phi) is 7.91. The van der Waals surface area contributed by atoms with Crippen molar-refractivity contribution in [3.05, 3.63) is 91.0 Å². The minimum Gasteiger partial charge on any atom is -0.0622 e. The predicted molar refractivity (Wildman–Crippen MR) is 85.1 cm³/mol. The van der Waals surface area contributed by atoms with E-state index in [0.717, 1.165) is 0 Å². The van der Waals surface area contributed by atoms with Crippen LogP contribution in [0.3, 0.4) is 0 Å². The molecule has 0 aromatic heterocycles. The first-order chi connectivity index (χ1) is 9.45. The molecule has 3 aromatic carbocycles. The maximum absolute atomic E-state index is 2.23. The molecule has 0 saturated carbocycles. The molecule has 3 heteroatoms. The zero-order chi connectivity index (χ0) is 12.9. The number of hydrogen-bond donors (Lipinski definition) is 0. The van der Waals surface area contributed by atoms with Gasteiger partial charge in [0.2, 0.25) is 0 Å². The second-order valence-corrected chi connectivity index (χ2v) is 6.56. The molecule has 0 nitrogen and oxygen atoms in total. The first-order valence-electron chi connectivity index (χ1n) is 6.40. The summed E-state index contributed by atoms with van der Waals surface area (Å²) < 4.78 is 0. The predicted octanol–water partition coefficient (Wildman–Crippen LogP) is 3.44. The molecule has 0 heterocycles. The molecule has 0 spiro atoms. The summed E-state index contributed by atoms with van der Waals surface area (Å²) in [5.74, 6) is 0. The minimum atomic E-state index is -0.446. The molecular formula is C18H15Ni2P. The Bertz CT molecular complexity index is 533. The van der Waals surface area contributed by atoms with Gasteiger partial charge in [0, 0.05) is 33.0 Å². The zero-order valence-corrected chi connectivity index (χ0v) is 14.1. The van der Waals surface area contributed by atoms with Crippen molar-refractivity contribution in [2.75, 3.05) is 0 Å². The molecule has 0 fully saturated rings. The molecule has 0 aliphatic carbocycles. The van der Waals surface area contributed by atoms with Crippen molar-refractivity contribution in [1.29, 1.82) is 0 Å². The van der Waals surface area contributed by atoms with Crippen LogP contribution in [-0.2, 0) is 33.0 Å². The van der Waals surface area contributed by atoms with Gasteiger partial charge in [-0.1, -0.05) is 91.0 Å². The number of rotatable bonds is 3. The van der Waals surface area contributed by atoms with Gasteiger partial charge < -0.3 is 0 Å². The van der Waals surface area contributed by atoms with Crippen LogP contribution in [0.4, 0.5) is 0 Å². The van der Waals surface area contributed by atoms with Crippen LogP contribution < -0.4 is 15.9 Å². The first-order valence-corrected chi connectivity index (χ1v) is 7.74. The smallest absolute Gasteiger partial charge is 0 e. The van der Waals surface area contributed by atoms with Crippen LogP contribution in [0.15, 0.2) is 91.0 Å². The molecule has 3 rings (SSSR count). The number of hydrogen-bond acceptors (Lipinski definition) is 0. The van der Waals surface area contributed by atoms with Gasteiger partial charge >= 0.3 is 0 Å². The van der Waals surface area contributed by atoms with Gasteiger partial charge in [-0.2, -0.15) is 0 Å². The van der Waals surface area contributed by atoms with Crippen molar-refractivity contribution in [3.8, 4) is 0 Å². The van der Waals surface area contributed by atoms with Gasteiger partial charge in [0.25, 0.3) is 0 Å². The van der Waals surface area contributed by atoms with E-state index in [1.54, 1.807) is 0 Å². The van der Waals surface area contributed by atoms with Crippen molar-refractivity contribution in [2.45, 2.75) is 0 Å². The Morgan fingerprint density at radius 2 is 0.619 bits per heavy atom. The van der Waals surface area contributed by atoms with Crippen LogP contribution >= 0.6 is 7.92 Å². The quantitative estimate of drug-likeness (QED) is 0.483. The van der Waals surface area contributed by atoms with E-state index < -0.39 is 7.92 Å². The van der Waals surface area contributed by atoms with Gasteiger partial charge in [0.05, 0.1) is 0 Å². The minimum absolute atomic E-state index is 0. The molecule has 0 N–H and O–H groups in total. The Hall–Kier alpha value is -0.923. The fourth-order valence-electron chi connectivity index (χ4n) is 2.18. The summed E-state index contributed by atoms with van der Waals surface area (Å²) in [7, 11) is -0.446. The van der Waals surface area contributed by atoms with E-state index in [2.05, 4.69) is 91.0 Å². The van der Waals surface area contributed by atoms with Crippen LogP contribution in [0.1, 0.15) is 0 Å². The van der Waals surface area contributed by atoms with Crippen LogP contribution in [0.2, 0.25) is 0 Å². The molecule has 0 radical (unpaired) electrons. The summed E-state index contributed by atoms with van der Waals surface area (Å²) in [5, 5.41) is 4.19. The second-order valence-electron chi connectivity index (χ2n) is 4.34. The topological polar surface area (TPSA) is 0 Å². The third-order valence-electron chi connectivity index (χ3n) is 3.04. The molecule has 0 bridgehead atoms. The van der Waals surface area contributed by atoms with Crippen molar-refractivity contribution < 1.29 is 33.0 Å². The van der Waals surface area contributed by atoms with Crippen LogP contribution in [0, 0.1) is 0 Å². The van der Waals surface area contributed by atoms with E-state index in [4.69, 9.17) is 0 Å². The zero-order valence-electron chi connectivity index (χ0n) is 11.2. The fourth-order valence-corrected chi connectivity index (χ4v) is 4.48. The summed E-state index contributed by atoms with van der Waals surface area (Å²) in [6.45, 7) is 0. The molecule has 3 aromatic rings. The van der Waals surface area contributed by atoms with Gasteiger partial charge in [-0.3, -0.25) is 0 Å². The van der Waals surface area contributed by atoms with Crippen molar-refractivity contribution >= 4 is 23.8 Å². The Morgan fingerprint density at radius 3 is 0.857 bits per heavy atom. The normalized spacial score (nSPS) is 9.57. The van der Waals surface area contributed by atoms with E-state index in [-0.39, 0.29) is 33.0 Å². The molecule has 0 atom stereocenters. The monoisotopic (exact) mass is 378 g/mol. The Balaban J connectivity index is 0.00000110. The van der Waals surface area contributed by atoms with Gasteiger partial charge in [-0.25, -0.2) is 0 Å². The fraction of sp³-hybridized carbons (Fsp3) is 0. The van der Waals surface area contributed by atoms with Crippen LogP contribution in [0.25, 0.3) is 0 Å². The standard InChI is InChI=1S/C18H15P.2Ni/c1-4-10-16(11-5-1)19(17-12-6-2-7-13-17)18-14-8-3-9-15-18;;/h1-15H;;. The summed E-state index contributed by atoms with van der Waals surface area (Å²) in [6.07, 6.45) is 0. The maximum atomic E-state index is 2.23. The van der Waals surface area contributed by atoms with E-state index in [1.165, 1.54) is 15.9 Å². The first kappa shape index (κ1) is 18.1. The average Bonchev–Trinajstić information content (AvgIpc) is 2.51. The summed E-state index contributed by atoms with van der Waals surface area (Å²) in [6, 6.07) is 32.3. The number of benzene rings is 3. The largest absolute Gasteiger partial charge is 0.0622 e. The van der Waals surface area contributed by atoms with Crippen LogP contribution in [0.5, 0.6) is 0 Å². The molecule has 0 amide bonds. The Labute approximate surface area is 147 Å². The van der Waals surface area contributed by atoms with Crippen molar-refractivity contribution in [1.82, 2.24) is 0 Å². The maximum Gasteiger partial charge on any atom is 0 e. The third kappa shape index (κ3) is 4.52. The van der Waals surface area contributed by atoms with E-state index in [9.17, 15) is 0 Å². The van der Waals surface area contributed by atoms with Crippen molar-refractivity contribution in [2.24, 2.45) is 0 Å². The molecule has 0 unspecified atom stereocenters. The van der Waals surface area contributed by atoms with E-state index in [0.29, 0.717) is 0 Å². The Morgan fingerprint density at radius 1 is 0.381 bits per heavy atom. The third-order valence-corrected chi connectivity index (χ3v) is 5.49. The van der Waals surface area contributed by atoms with E-state index >= 15 is 0 Å². The van der Waals surface area contributed by atoms with Gasteiger partial charge in [0.15, 0.2) is 0 Å². The summed E-state index contributed by atoms with van der Waals surface area (Å²) in [5.41, 5.74) is 0. The molecule has 0 aliphatic rings. The molecule has 21 heavy (non-hydrogen) atoms. The van der Waals surface area contributed by atoms with Crippen molar-refractivity contribution in [3.63, 3.8) is 0 Å². The molecule has 0 saturated heterocycles. The summed E-state index contributed by atoms with van der Waals surface area (Å²) >= 11 is 0. The van der Waals surface area contributed by atoms with Gasteiger partial charge in [-0.15, -0.1) is 0 Å². The SMILES string of the molecule is [Ni].[Ni].c1ccc(P(c2ccccc2)c2ccccc2)cc1. The van der Waals surface area contributed by atoms with Crippen LogP contribution in [-0.4, -0.2) is 0 Å².